The van der Waals surface area contributed by atoms with E-state index in [1.807, 2.05) is 30.0 Å². The lowest BCUT2D eigenvalue weighted by Gasteiger charge is -2.36. The molecule has 0 amide bonds. The van der Waals surface area contributed by atoms with Crippen molar-refractivity contribution in [3.63, 3.8) is 0 Å². The lowest BCUT2D eigenvalue weighted by atomic mass is 10.1. The summed E-state index contributed by atoms with van der Waals surface area (Å²) in [6, 6.07) is 3.94. The maximum atomic E-state index is 12.5. The van der Waals surface area contributed by atoms with Crippen LogP contribution in [-0.4, -0.2) is 42.3 Å². The number of anilines is 1. The Morgan fingerprint density at radius 1 is 1.38 bits per heavy atom. The molecule has 0 spiro atoms. The Morgan fingerprint density at radius 3 is 2.62 bits per heavy atom. The Kier molecular flexibility index (Phi) is 6.34. The Bertz CT molecular complexity index is 687. The van der Waals surface area contributed by atoms with Crippen LogP contribution in [0.4, 0.5) is 5.69 Å². The van der Waals surface area contributed by atoms with Crippen LogP contribution in [0.15, 0.2) is 22.7 Å². The molecule has 1 aliphatic heterocycles. The number of halogens is 1. The quantitative estimate of drug-likeness (QED) is 0.728. The van der Waals surface area contributed by atoms with Crippen molar-refractivity contribution in [3.05, 3.63) is 28.2 Å². The van der Waals surface area contributed by atoms with E-state index in [1.54, 1.807) is 27.7 Å². The first-order valence-corrected chi connectivity index (χ1v) is 9.57. The summed E-state index contributed by atoms with van der Waals surface area (Å²) in [6.45, 7) is 9.29. The molecule has 0 aromatic heterocycles. The summed E-state index contributed by atoms with van der Waals surface area (Å²) < 4.78 is 11.5. The Morgan fingerprint density at radius 2 is 2.04 bits per heavy atom. The van der Waals surface area contributed by atoms with E-state index in [0.717, 1.165) is 15.7 Å². The van der Waals surface area contributed by atoms with Crippen LogP contribution in [0.25, 0.3) is 0 Å². The Hall–Kier alpha value is -1.60. The monoisotopic (exact) mass is 426 g/mol. The zero-order chi connectivity index (χ0) is 19.6. The third-order valence-electron chi connectivity index (χ3n) is 4.27. The molecule has 144 valence electrons. The molecular formula is C19H27BrN2O4. The van der Waals surface area contributed by atoms with Gasteiger partial charge in [0.05, 0.1) is 18.3 Å². The van der Waals surface area contributed by atoms with Gasteiger partial charge < -0.3 is 20.1 Å². The van der Waals surface area contributed by atoms with E-state index in [1.165, 1.54) is 0 Å². The number of nitrogens with two attached hydrogens (primary N) is 1. The molecule has 0 saturated carbocycles. The first-order valence-electron chi connectivity index (χ1n) is 8.77. The van der Waals surface area contributed by atoms with E-state index in [9.17, 15) is 9.59 Å². The number of hydrogen-bond acceptors (Lipinski definition) is 6. The van der Waals surface area contributed by atoms with Crippen LogP contribution < -0.4 is 10.6 Å². The van der Waals surface area contributed by atoms with E-state index in [-0.39, 0.29) is 5.97 Å². The van der Waals surface area contributed by atoms with Crippen LogP contribution in [0.3, 0.4) is 0 Å². The molecule has 0 fully saturated rings. The number of esters is 2. The molecule has 7 heteroatoms. The lowest BCUT2D eigenvalue weighted by molar-refractivity contribution is -0.157. The van der Waals surface area contributed by atoms with Crippen molar-refractivity contribution in [1.82, 2.24) is 0 Å². The normalized spacial score (nSPS) is 18.9. The highest BCUT2D eigenvalue weighted by molar-refractivity contribution is 9.10. The van der Waals surface area contributed by atoms with Gasteiger partial charge in [-0.3, -0.25) is 4.79 Å². The molecule has 2 rings (SSSR count). The second kappa shape index (κ2) is 7.96. The zero-order valence-corrected chi connectivity index (χ0v) is 17.5. The molecule has 1 aromatic rings. The smallest absolute Gasteiger partial charge is 0.329 e. The molecule has 1 aromatic carbocycles. The summed E-state index contributed by atoms with van der Waals surface area (Å²) in [7, 11) is 0. The number of para-hydroxylation sites is 1. The standard InChI is InChI=1S/C19H27BrN2O4/c1-6-25-17(23)14-10-12-8-7-9-13(20)16(12)22(14)11(2)15(21)18(24)26-19(3,4)5/h7-9,11,14-15H,6,10,21H2,1-5H3/t11?,14-,15?/m1/s1. The second-order valence-corrected chi connectivity index (χ2v) is 8.28. The second-order valence-electron chi connectivity index (χ2n) is 7.43. The number of hydrogen-bond donors (Lipinski definition) is 1. The van der Waals surface area contributed by atoms with E-state index in [0.29, 0.717) is 13.0 Å². The van der Waals surface area contributed by atoms with Gasteiger partial charge in [-0.25, -0.2) is 4.79 Å². The van der Waals surface area contributed by atoms with E-state index in [2.05, 4.69) is 15.9 Å². The van der Waals surface area contributed by atoms with Crippen molar-refractivity contribution in [1.29, 1.82) is 0 Å². The Labute approximate surface area is 163 Å². The molecule has 3 atom stereocenters. The predicted molar refractivity (Wildman–Crippen MR) is 104 cm³/mol. The number of nitrogens with zero attached hydrogens (tertiary/aromatic N) is 1. The number of ether oxygens (including phenoxy) is 2. The molecule has 6 nitrogen and oxygen atoms in total. The highest BCUT2D eigenvalue weighted by atomic mass is 79.9. The number of carbonyl (C=O) groups excluding carboxylic acids is 2. The zero-order valence-electron chi connectivity index (χ0n) is 15.9. The molecule has 0 bridgehead atoms. The molecule has 0 saturated heterocycles. The minimum atomic E-state index is -0.899. The molecule has 1 heterocycles. The van der Waals surface area contributed by atoms with E-state index >= 15 is 0 Å². The van der Waals surface area contributed by atoms with Gasteiger partial charge in [0.1, 0.15) is 17.7 Å². The van der Waals surface area contributed by atoms with Gasteiger partial charge in [0, 0.05) is 10.9 Å². The first kappa shape index (κ1) is 20.7. The van der Waals surface area contributed by atoms with E-state index < -0.39 is 29.7 Å². The third-order valence-corrected chi connectivity index (χ3v) is 4.91. The first-order chi connectivity index (χ1) is 12.1. The van der Waals surface area contributed by atoms with Gasteiger partial charge in [0.15, 0.2) is 0 Å². The van der Waals surface area contributed by atoms with Crippen molar-refractivity contribution in [2.75, 3.05) is 11.5 Å². The summed E-state index contributed by atoms with van der Waals surface area (Å²) in [5.74, 6) is -0.813. The van der Waals surface area contributed by atoms with Crippen molar-refractivity contribution >= 4 is 33.6 Å². The van der Waals surface area contributed by atoms with Gasteiger partial charge in [-0.05, 0) is 62.2 Å². The summed E-state index contributed by atoms with van der Waals surface area (Å²) >= 11 is 3.56. The summed E-state index contributed by atoms with van der Waals surface area (Å²) in [4.78, 5) is 26.9. The van der Waals surface area contributed by atoms with Gasteiger partial charge in [-0.15, -0.1) is 0 Å². The highest BCUT2D eigenvalue weighted by Crippen LogP contribution is 2.40. The number of benzene rings is 1. The fraction of sp³-hybridized carbons (Fsp3) is 0.579. The average molecular weight is 427 g/mol. The van der Waals surface area contributed by atoms with Crippen molar-refractivity contribution in [2.24, 2.45) is 5.73 Å². The number of fused-ring (bicyclic) bond motifs is 1. The molecule has 26 heavy (non-hydrogen) atoms. The van der Waals surface area contributed by atoms with Crippen molar-refractivity contribution < 1.29 is 19.1 Å². The highest BCUT2D eigenvalue weighted by Gasteiger charge is 2.42. The number of carbonyl (C=O) groups is 2. The third kappa shape index (κ3) is 4.38. The molecule has 0 aliphatic carbocycles. The van der Waals surface area contributed by atoms with Gasteiger partial charge in [0.2, 0.25) is 0 Å². The van der Waals surface area contributed by atoms with Gasteiger partial charge >= 0.3 is 11.9 Å². The largest absolute Gasteiger partial charge is 0.464 e. The van der Waals surface area contributed by atoms with Gasteiger partial charge in [-0.1, -0.05) is 12.1 Å². The fourth-order valence-electron chi connectivity index (χ4n) is 3.14. The summed E-state index contributed by atoms with van der Waals surface area (Å²) in [6.07, 6.45) is 0.513. The van der Waals surface area contributed by atoms with Crippen LogP contribution in [-0.2, 0) is 25.5 Å². The average Bonchev–Trinajstić information content (AvgIpc) is 2.93. The molecule has 1 aliphatic rings. The van der Waals surface area contributed by atoms with Crippen molar-refractivity contribution in [3.8, 4) is 0 Å². The minimum absolute atomic E-state index is 0.299. The summed E-state index contributed by atoms with van der Waals surface area (Å²) in [5.41, 5.74) is 7.47. The fourth-order valence-corrected chi connectivity index (χ4v) is 3.75. The van der Waals surface area contributed by atoms with Crippen LogP contribution in [0, 0.1) is 0 Å². The maximum absolute atomic E-state index is 12.5. The van der Waals surface area contributed by atoms with Gasteiger partial charge in [-0.2, -0.15) is 0 Å². The maximum Gasteiger partial charge on any atom is 0.329 e. The van der Waals surface area contributed by atoms with Crippen molar-refractivity contribution in [2.45, 2.75) is 64.8 Å². The topological polar surface area (TPSA) is 81.9 Å². The van der Waals surface area contributed by atoms with Crippen LogP contribution in [0.5, 0.6) is 0 Å². The Balaban J connectivity index is 2.35. The lowest BCUT2D eigenvalue weighted by Crippen LogP contribution is -2.56. The van der Waals surface area contributed by atoms with Gasteiger partial charge in [0.25, 0.3) is 0 Å². The van der Waals surface area contributed by atoms with E-state index in [4.69, 9.17) is 15.2 Å². The summed E-state index contributed by atoms with van der Waals surface area (Å²) in [5, 5.41) is 0. The molecule has 2 unspecified atom stereocenters. The molecule has 2 N–H and O–H groups in total. The minimum Gasteiger partial charge on any atom is -0.464 e. The predicted octanol–water partition coefficient (Wildman–Crippen LogP) is 2.80. The molecule has 0 radical (unpaired) electrons. The van der Waals surface area contributed by atoms with Crippen LogP contribution >= 0.6 is 15.9 Å². The van der Waals surface area contributed by atoms with Crippen LogP contribution in [0.1, 0.15) is 40.2 Å². The SMILES string of the molecule is CCOC(=O)[C@H]1Cc2cccc(Br)c2N1C(C)C(N)C(=O)OC(C)(C)C. The number of rotatable bonds is 5. The molecular weight excluding hydrogens is 400 g/mol. The van der Waals surface area contributed by atoms with Crippen LogP contribution in [0.2, 0.25) is 0 Å².